The maximum absolute atomic E-state index is 6.87. The number of rotatable bonds is 9. The quantitative estimate of drug-likeness (QED) is 0.298. The molecule has 0 atom stereocenters. The lowest BCUT2D eigenvalue weighted by Gasteiger charge is -2.18. The minimum Gasteiger partial charge on any atom is -0.492 e. The minimum absolute atomic E-state index is 0. The molecule has 0 saturated heterocycles. The van der Waals surface area contributed by atoms with E-state index in [9.17, 15) is 0 Å². The van der Waals surface area contributed by atoms with E-state index in [2.05, 4.69) is 43.0 Å². The molecule has 0 aliphatic rings. The molecule has 0 N–H and O–H groups in total. The first-order chi connectivity index (χ1) is 14.2. The molecule has 2 nitrogen and oxygen atoms in total. The van der Waals surface area contributed by atoms with Crippen LogP contribution in [0.4, 0.5) is 0 Å². The van der Waals surface area contributed by atoms with Gasteiger partial charge in [0, 0.05) is 12.1 Å². The molecule has 3 aromatic rings. The topological polar surface area (TPSA) is 12.5 Å². The molecular formula is C26H29BrClNO. The Kier molecular flexibility index (Phi) is 10.2. The number of ether oxygens (including phenoxy) is 1. The molecule has 0 aromatic heterocycles. The van der Waals surface area contributed by atoms with Crippen LogP contribution in [0, 0.1) is 0 Å². The van der Waals surface area contributed by atoms with E-state index in [1.807, 2.05) is 60.7 Å². The maximum atomic E-state index is 6.87. The van der Waals surface area contributed by atoms with Crippen LogP contribution >= 0.6 is 28.6 Å². The zero-order valence-electron chi connectivity index (χ0n) is 17.6. The molecule has 0 heterocycles. The highest BCUT2D eigenvalue weighted by molar-refractivity contribution is 8.93. The summed E-state index contributed by atoms with van der Waals surface area (Å²) in [7, 11) is 0. The van der Waals surface area contributed by atoms with E-state index in [4.69, 9.17) is 16.3 Å². The second kappa shape index (κ2) is 12.6. The maximum Gasteiger partial charge on any atom is 0.119 e. The van der Waals surface area contributed by atoms with Crippen molar-refractivity contribution in [2.45, 2.75) is 13.8 Å². The van der Waals surface area contributed by atoms with E-state index in [0.717, 1.165) is 52.7 Å². The number of likely N-dealkylation sites (N-methyl/N-ethyl adjacent to an activating group) is 1. The van der Waals surface area contributed by atoms with Gasteiger partial charge in [-0.3, -0.25) is 0 Å². The largest absolute Gasteiger partial charge is 0.492 e. The lowest BCUT2D eigenvalue weighted by Crippen LogP contribution is -2.27. The van der Waals surface area contributed by atoms with Crippen LogP contribution in [0.15, 0.2) is 84.9 Å². The van der Waals surface area contributed by atoms with Gasteiger partial charge in [-0.05, 0) is 41.9 Å². The molecule has 0 saturated carbocycles. The average Bonchev–Trinajstić information content (AvgIpc) is 2.79. The Morgan fingerprint density at radius 1 is 0.733 bits per heavy atom. The second-order valence-electron chi connectivity index (χ2n) is 6.82. The summed E-state index contributed by atoms with van der Waals surface area (Å²) in [6.07, 6.45) is 0. The zero-order valence-corrected chi connectivity index (χ0v) is 20.0. The van der Waals surface area contributed by atoms with Crippen LogP contribution in [0.25, 0.3) is 10.6 Å². The predicted molar refractivity (Wildman–Crippen MR) is 135 cm³/mol. The Balaban J connectivity index is 0.00000320. The van der Waals surface area contributed by atoms with Crippen molar-refractivity contribution in [2.75, 3.05) is 26.2 Å². The van der Waals surface area contributed by atoms with Crippen LogP contribution in [0.1, 0.15) is 30.5 Å². The summed E-state index contributed by atoms with van der Waals surface area (Å²) < 4.78 is 5.94. The Hall–Kier alpha value is -2.07. The lowest BCUT2D eigenvalue weighted by atomic mass is 9.95. The van der Waals surface area contributed by atoms with Gasteiger partial charge in [0.05, 0.1) is 5.03 Å². The van der Waals surface area contributed by atoms with Crippen LogP contribution in [0.2, 0.25) is 0 Å². The van der Waals surface area contributed by atoms with E-state index in [-0.39, 0.29) is 17.0 Å². The van der Waals surface area contributed by atoms with Crippen molar-refractivity contribution in [3.63, 3.8) is 0 Å². The fourth-order valence-electron chi connectivity index (χ4n) is 3.30. The van der Waals surface area contributed by atoms with Crippen LogP contribution < -0.4 is 4.74 Å². The summed E-state index contributed by atoms with van der Waals surface area (Å²) in [5.41, 5.74) is 4.19. The number of hydrogen-bond donors (Lipinski definition) is 0. The van der Waals surface area contributed by atoms with E-state index < -0.39 is 0 Å². The molecule has 0 amide bonds. The first-order valence-corrected chi connectivity index (χ1v) is 10.6. The third-order valence-electron chi connectivity index (χ3n) is 5.02. The van der Waals surface area contributed by atoms with Crippen molar-refractivity contribution >= 4 is 39.2 Å². The Morgan fingerprint density at radius 2 is 1.23 bits per heavy atom. The molecule has 0 unspecified atom stereocenters. The number of nitrogens with zero attached hydrogens (tertiary/aromatic N) is 1. The molecule has 0 fully saturated rings. The van der Waals surface area contributed by atoms with Crippen molar-refractivity contribution in [1.82, 2.24) is 4.90 Å². The summed E-state index contributed by atoms with van der Waals surface area (Å²) in [5.74, 6) is 0.879. The van der Waals surface area contributed by atoms with E-state index >= 15 is 0 Å². The van der Waals surface area contributed by atoms with Gasteiger partial charge in [0.1, 0.15) is 12.4 Å². The van der Waals surface area contributed by atoms with Gasteiger partial charge in [-0.25, -0.2) is 0 Å². The first-order valence-electron chi connectivity index (χ1n) is 10.2. The SMILES string of the molecule is Br.CCN(CC)CCOc1ccc(/C(=C(/Cl)c2ccccc2)c2ccccc2)cc1. The Labute approximate surface area is 195 Å². The highest BCUT2D eigenvalue weighted by Crippen LogP contribution is 2.35. The van der Waals surface area contributed by atoms with Gasteiger partial charge in [-0.15, -0.1) is 17.0 Å². The van der Waals surface area contributed by atoms with Gasteiger partial charge in [0.2, 0.25) is 0 Å². The third kappa shape index (κ3) is 6.46. The smallest absolute Gasteiger partial charge is 0.119 e. The summed E-state index contributed by atoms with van der Waals surface area (Å²) in [6, 6.07) is 28.6. The van der Waals surface area contributed by atoms with Crippen molar-refractivity contribution in [3.8, 4) is 5.75 Å². The van der Waals surface area contributed by atoms with Gasteiger partial charge in [-0.1, -0.05) is 98.2 Å². The fourth-order valence-corrected chi connectivity index (χ4v) is 3.65. The van der Waals surface area contributed by atoms with Gasteiger partial charge < -0.3 is 9.64 Å². The van der Waals surface area contributed by atoms with E-state index in [1.165, 1.54) is 0 Å². The summed E-state index contributed by atoms with van der Waals surface area (Å²) in [6.45, 7) is 8.05. The van der Waals surface area contributed by atoms with Gasteiger partial charge in [-0.2, -0.15) is 0 Å². The second-order valence-corrected chi connectivity index (χ2v) is 7.20. The van der Waals surface area contributed by atoms with Gasteiger partial charge in [0.25, 0.3) is 0 Å². The van der Waals surface area contributed by atoms with Gasteiger partial charge in [0.15, 0.2) is 0 Å². The molecule has 30 heavy (non-hydrogen) atoms. The molecule has 0 radical (unpaired) electrons. The number of hydrogen-bond acceptors (Lipinski definition) is 2. The normalized spacial score (nSPS) is 11.6. The third-order valence-corrected chi connectivity index (χ3v) is 5.43. The van der Waals surface area contributed by atoms with Crippen LogP contribution in [-0.4, -0.2) is 31.1 Å². The Morgan fingerprint density at radius 3 is 1.77 bits per heavy atom. The van der Waals surface area contributed by atoms with Crippen LogP contribution in [0.5, 0.6) is 5.75 Å². The average molecular weight is 487 g/mol. The molecule has 4 heteroatoms. The number of benzene rings is 3. The van der Waals surface area contributed by atoms with Crippen molar-refractivity contribution in [2.24, 2.45) is 0 Å². The fraction of sp³-hybridized carbons (Fsp3) is 0.231. The summed E-state index contributed by atoms with van der Waals surface area (Å²) >= 11 is 6.87. The van der Waals surface area contributed by atoms with E-state index in [0.29, 0.717) is 6.61 Å². The minimum atomic E-state index is 0. The highest BCUT2D eigenvalue weighted by atomic mass is 79.9. The molecule has 0 spiro atoms. The molecule has 3 aromatic carbocycles. The van der Waals surface area contributed by atoms with E-state index in [1.54, 1.807) is 0 Å². The molecular weight excluding hydrogens is 458 g/mol. The van der Waals surface area contributed by atoms with Gasteiger partial charge >= 0.3 is 0 Å². The summed E-state index contributed by atoms with van der Waals surface area (Å²) in [5, 5.41) is 0.743. The molecule has 0 aliphatic carbocycles. The standard InChI is InChI=1S/C26H28ClNO.BrH/c1-3-28(4-2)19-20-29-24-17-15-22(16-18-24)25(21-11-7-5-8-12-21)26(27)23-13-9-6-10-14-23;/h5-18H,3-4,19-20H2,1-2H3;1H/b26-25+;. The molecule has 0 bridgehead atoms. The monoisotopic (exact) mass is 485 g/mol. The summed E-state index contributed by atoms with van der Waals surface area (Å²) in [4.78, 5) is 2.35. The predicted octanol–water partition coefficient (Wildman–Crippen LogP) is 7.14. The highest BCUT2D eigenvalue weighted by Gasteiger charge is 2.12. The zero-order chi connectivity index (χ0) is 20.5. The Bertz CT molecular complexity index is 907. The molecule has 158 valence electrons. The van der Waals surface area contributed by atoms with Crippen molar-refractivity contribution in [1.29, 1.82) is 0 Å². The van der Waals surface area contributed by atoms with Crippen LogP contribution in [0.3, 0.4) is 0 Å². The van der Waals surface area contributed by atoms with Crippen molar-refractivity contribution < 1.29 is 4.74 Å². The molecule has 0 aliphatic heterocycles. The first kappa shape index (κ1) is 24.2. The van der Waals surface area contributed by atoms with Crippen LogP contribution in [-0.2, 0) is 0 Å². The molecule has 3 rings (SSSR count). The van der Waals surface area contributed by atoms with Crippen molar-refractivity contribution in [3.05, 3.63) is 102 Å². The number of halogens is 2. The lowest BCUT2D eigenvalue weighted by molar-refractivity contribution is 0.223.